The van der Waals surface area contributed by atoms with E-state index >= 15 is 0 Å². The summed E-state index contributed by atoms with van der Waals surface area (Å²) in [7, 11) is 1.69. The molecule has 1 aliphatic rings. The Morgan fingerprint density at radius 2 is 1.84 bits per heavy atom. The number of phenols is 1. The third kappa shape index (κ3) is 3.08. The summed E-state index contributed by atoms with van der Waals surface area (Å²) in [5, 5.41) is 12.8. The number of hydrogen-bond donors (Lipinski definition) is 1. The number of nitrogens with zero attached hydrogens (tertiary/aromatic N) is 1. The monoisotopic (exact) mass is 333 g/mol. The van der Waals surface area contributed by atoms with Crippen LogP contribution >= 0.6 is 0 Å². The molecule has 1 aliphatic heterocycles. The molecule has 3 nitrogen and oxygen atoms in total. The Labute approximate surface area is 148 Å². The van der Waals surface area contributed by atoms with Crippen molar-refractivity contribution in [3.8, 4) is 11.5 Å². The average molecular weight is 333 g/mol. The van der Waals surface area contributed by atoms with Gasteiger partial charge in [-0.05, 0) is 53.9 Å². The van der Waals surface area contributed by atoms with E-state index in [1.165, 1.54) is 17.4 Å². The highest BCUT2D eigenvalue weighted by Crippen LogP contribution is 2.36. The number of phenolic OH excluding ortho intramolecular Hbond substituents is 1. The quantitative estimate of drug-likeness (QED) is 0.738. The van der Waals surface area contributed by atoms with Gasteiger partial charge in [0.2, 0.25) is 0 Å². The number of hydrogen-bond acceptors (Lipinski definition) is 3. The van der Waals surface area contributed by atoms with Gasteiger partial charge in [-0.1, -0.05) is 42.5 Å². The molecule has 0 aliphatic carbocycles. The molecular weight excluding hydrogens is 310 g/mol. The number of fused-ring (bicyclic) bond motifs is 1. The normalized spacial score (nSPS) is 17.9. The molecule has 1 fully saturated rings. The largest absolute Gasteiger partial charge is 0.508 e. The molecule has 3 aromatic carbocycles. The van der Waals surface area contributed by atoms with Gasteiger partial charge in [0.1, 0.15) is 11.5 Å². The first kappa shape index (κ1) is 16.0. The average Bonchev–Trinajstić information content (AvgIpc) is 3.12. The number of methoxy groups -OCH3 is 1. The van der Waals surface area contributed by atoms with Gasteiger partial charge >= 0.3 is 0 Å². The van der Waals surface area contributed by atoms with E-state index in [2.05, 4.69) is 29.2 Å². The summed E-state index contributed by atoms with van der Waals surface area (Å²) >= 11 is 0. The molecule has 0 bridgehead atoms. The minimum absolute atomic E-state index is 0.388. The molecule has 0 radical (unpaired) electrons. The van der Waals surface area contributed by atoms with E-state index < -0.39 is 0 Å². The number of rotatable bonds is 4. The van der Waals surface area contributed by atoms with Crippen LogP contribution in [-0.2, 0) is 6.54 Å². The van der Waals surface area contributed by atoms with Gasteiger partial charge < -0.3 is 9.84 Å². The minimum Gasteiger partial charge on any atom is -0.508 e. The van der Waals surface area contributed by atoms with Crippen LogP contribution in [0.1, 0.15) is 30.0 Å². The van der Waals surface area contributed by atoms with Gasteiger partial charge in [-0.15, -0.1) is 0 Å². The molecule has 128 valence electrons. The van der Waals surface area contributed by atoms with Crippen molar-refractivity contribution in [3.05, 3.63) is 71.8 Å². The molecule has 4 rings (SSSR count). The van der Waals surface area contributed by atoms with Gasteiger partial charge in [0.15, 0.2) is 0 Å². The third-order valence-corrected chi connectivity index (χ3v) is 5.24. The highest BCUT2D eigenvalue weighted by Gasteiger charge is 2.27. The van der Waals surface area contributed by atoms with E-state index in [1.807, 2.05) is 36.4 Å². The summed E-state index contributed by atoms with van der Waals surface area (Å²) in [5.41, 5.74) is 2.34. The summed E-state index contributed by atoms with van der Waals surface area (Å²) < 4.78 is 5.27. The van der Waals surface area contributed by atoms with Crippen molar-refractivity contribution in [3.63, 3.8) is 0 Å². The van der Waals surface area contributed by atoms with Gasteiger partial charge in [0, 0.05) is 18.2 Å². The van der Waals surface area contributed by atoms with Crippen molar-refractivity contribution in [1.82, 2.24) is 4.90 Å². The first-order chi connectivity index (χ1) is 12.3. The van der Waals surface area contributed by atoms with Crippen LogP contribution in [0.3, 0.4) is 0 Å². The second-order valence-electron chi connectivity index (χ2n) is 6.69. The number of benzene rings is 3. The molecule has 0 unspecified atom stereocenters. The Balaban J connectivity index is 1.64. The molecule has 0 saturated carbocycles. The van der Waals surface area contributed by atoms with E-state index in [9.17, 15) is 5.11 Å². The molecule has 3 heteroatoms. The first-order valence-corrected chi connectivity index (χ1v) is 8.84. The van der Waals surface area contributed by atoms with Crippen molar-refractivity contribution in [2.24, 2.45) is 0 Å². The molecular formula is C22H23NO2. The second-order valence-corrected chi connectivity index (χ2v) is 6.69. The molecule has 0 aromatic heterocycles. The standard InChI is InChI=1S/C22H23NO2/c1-25-18-11-8-17(9-12-18)21-7-4-14-23(21)15-20-19-6-3-2-5-16(19)10-13-22(20)24/h2-3,5-6,8-13,21,24H,4,7,14-15H2,1H3/t21-/m0/s1. The summed E-state index contributed by atoms with van der Waals surface area (Å²) in [4.78, 5) is 2.48. The van der Waals surface area contributed by atoms with Gasteiger partial charge in [-0.25, -0.2) is 0 Å². The van der Waals surface area contributed by atoms with E-state index in [4.69, 9.17) is 4.74 Å². The Hall–Kier alpha value is -2.52. The molecule has 1 N–H and O–H groups in total. The van der Waals surface area contributed by atoms with Crippen LogP contribution in [-0.4, -0.2) is 23.7 Å². The summed E-state index contributed by atoms with van der Waals surface area (Å²) in [6.45, 7) is 1.82. The maximum atomic E-state index is 10.5. The SMILES string of the molecule is COc1ccc([C@@H]2CCCN2Cc2c(O)ccc3ccccc23)cc1. The van der Waals surface area contributed by atoms with Crippen molar-refractivity contribution < 1.29 is 9.84 Å². The van der Waals surface area contributed by atoms with Gasteiger partial charge in [-0.2, -0.15) is 0 Å². The van der Waals surface area contributed by atoms with Gasteiger partial charge in [-0.3, -0.25) is 4.90 Å². The zero-order chi connectivity index (χ0) is 17.2. The topological polar surface area (TPSA) is 32.7 Å². The van der Waals surface area contributed by atoms with Crippen LogP contribution in [0.5, 0.6) is 11.5 Å². The predicted octanol–water partition coefficient (Wildman–Crippen LogP) is 4.89. The van der Waals surface area contributed by atoms with Crippen LogP contribution in [0.15, 0.2) is 60.7 Å². The second kappa shape index (κ2) is 6.77. The lowest BCUT2D eigenvalue weighted by Gasteiger charge is -2.26. The smallest absolute Gasteiger partial charge is 0.120 e. The number of likely N-dealkylation sites (tertiary alicyclic amines) is 1. The maximum absolute atomic E-state index is 10.5. The fourth-order valence-electron chi connectivity index (χ4n) is 3.91. The molecule has 1 heterocycles. The Morgan fingerprint density at radius 1 is 1.04 bits per heavy atom. The van der Waals surface area contributed by atoms with Crippen LogP contribution in [0.2, 0.25) is 0 Å². The van der Waals surface area contributed by atoms with Crippen molar-refractivity contribution >= 4 is 10.8 Å². The Kier molecular flexibility index (Phi) is 4.33. The summed E-state index contributed by atoms with van der Waals surface area (Å²) in [6.07, 6.45) is 2.33. The van der Waals surface area contributed by atoms with E-state index in [1.54, 1.807) is 7.11 Å². The highest BCUT2D eigenvalue weighted by molar-refractivity contribution is 5.87. The fourth-order valence-corrected chi connectivity index (χ4v) is 3.91. The van der Waals surface area contributed by atoms with E-state index in [0.717, 1.165) is 36.2 Å². The third-order valence-electron chi connectivity index (χ3n) is 5.24. The molecule has 0 spiro atoms. The first-order valence-electron chi connectivity index (χ1n) is 8.84. The fraction of sp³-hybridized carbons (Fsp3) is 0.273. The summed E-state index contributed by atoms with van der Waals surface area (Å²) in [6, 6.07) is 20.8. The van der Waals surface area contributed by atoms with Gasteiger partial charge in [0.25, 0.3) is 0 Å². The van der Waals surface area contributed by atoms with Crippen LogP contribution in [0.4, 0.5) is 0 Å². The molecule has 1 atom stereocenters. The maximum Gasteiger partial charge on any atom is 0.120 e. The van der Waals surface area contributed by atoms with Crippen LogP contribution < -0.4 is 4.74 Å². The Bertz CT molecular complexity index is 873. The lowest BCUT2D eigenvalue weighted by molar-refractivity contribution is 0.246. The zero-order valence-corrected chi connectivity index (χ0v) is 14.5. The predicted molar refractivity (Wildman–Crippen MR) is 101 cm³/mol. The Morgan fingerprint density at radius 3 is 2.64 bits per heavy atom. The molecule has 1 saturated heterocycles. The zero-order valence-electron chi connectivity index (χ0n) is 14.5. The van der Waals surface area contributed by atoms with Crippen molar-refractivity contribution in [2.75, 3.05) is 13.7 Å². The molecule has 25 heavy (non-hydrogen) atoms. The number of ether oxygens (including phenoxy) is 1. The lowest BCUT2D eigenvalue weighted by Crippen LogP contribution is -2.23. The highest BCUT2D eigenvalue weighted by atomic mass is 16.5. The minimum atomic E-state index is 0.388. The van der Waals surface area contributed by atoms with E-state index in [0.29, 0.717) is 11.8 Å². The van der Waals surface area contributed by atoms with Crippen molar-refractivity contribution in [2.45, 2.75) is 25.4 Å². The summed E-state index contributed by atoms with van der Waals surface area (Å²) in [5.74, 6) is 1.28. The lowest BCUT2D eigenvalue weighted by atomic mass is 10.0. The van der Waals surface area contributed by atoms with Crippen LogP contribution in [0.25, 0.3) is 10.8 Å². The van der Waals surface area contributed by atoms with Crippen LogP contribution in [0, 0.1) is 0 Å². The number of aromatic hydroxyl groups is 1. The molecule has 3 aromatic rings. The van der Waals surface area contributed by atoms with E-state index in [-0.39, 0.29) is 0 Å². The van der Waals surface area contributed by atoms with Gasteiger partial charge in [0.05, 0.1) is 7.11 Å². The molecule has 0 amide bonds. The van der Waals surface area contributed by atoms with Crippen molar-refractivity contribution in [1.29, 1.82) is 0 Å².